The van der Waals surface area contributed by atoms with Gasteiger partial charge in [0.25, 0.3) is 10.0 Å². The van der Waals surface area contributed by atoms with Crippen LogP contribution in [-0.2, 0) is 19.9 Å². The van der Waals surface area contributed by atoms with Crippen molar-refractivity contribution in [2.75, 3.05) is 16.3 Å². The van der Waals surface area contributed by atoms with Gasteiger partial charge in [-0.3, -0.25) is 4.31 Å². The number of halogens is 3. The molecular formula is C18H20Cl2FNO4S2. The number of sulfone groups is 1. The van der Waals surface area contributed by atoms with Crippen LogP contribution in [0.25, 0.3) is 0 Å². The molecule has 0 saturated carbocycles. The summed E-state index contributed by atoms with van der Waals surface area (Å²) < 4.78 is 64.8. The van der Waals surface area contributed by atoms with Gasteiger partial charge in [-0.25, -0.2) is 21.2 Å². The van der Waals surface area contributed by atoms with Gasteiger partial charge in [0.2, 0.25) is 0 Å². The van der Waals surface area contributed by atoms with E-state index in [-0.39, 0.29) is 34.2 Å². The average Bonchev–Trinajstić information content (AvgIpc) is 2.57. The minimum atomic E-state index is -4.15. The number of hydrogen-bond acceptors (Lipinski definition) is 4. The van der Waals surface area contributed by atoms with Crippen molar-refractivity contribution < 1.29 is 21.2 Å². The quantitative estimate of drug-likeness (QED) is 0.570. The van der Waals surface area contributed by atoms with Gasteiger partial charge in [-0.1, -0.05) is 23.2 Å². The molecule has 0 aliphatic heterocycles. The van der Waals surface area contributed by atoms with Crippen LogP contribution in [-0.4, -0.2) is 34.9 Å². The fourth-order valence-corrected chi connectivity index (χ4v) is 5.41. The molecule has 0 bridgehead atoms. The second-order valence-electron chi connectivity index (χ2n) is 6.47. The Morgan fingerprint density at radius 3 is 2.14 bits per heavy atom. The molecule has 154 valence electrons. The molecule has 2 aromatic rings. The second kappa shape index (κ2) is 8.98. The van der Waals surface area contributed by atoms with Gasteiger partial charge in [0.15, 0.2) is 0 Å². The fourth-order valence-electron chi connectivity index (χ4n) is 2.74. The van der Waals surface area contributed by atoms with Crippen molar-refractivity contribution in [3.8, 4) is 0 Å². The SMILES string of the molecule is C[C@H](CCCS(C)(=O)=O)N(c1cc(Cl)ccc1F)S(=O)(=O)c1ccc(Cl)cc1. The van der Waals surface area contributed by atoms with Gasteiger partial charge < -0.3 is 0 Å². The van der Waals surface area contributed by atoms with Crippen LogP contribution >= 0.6 is 23.2 Å². The standard InChI is InChI=1S/C18H20Cl2FNO4S2/c1-13(4-3-11-27(2,23)24)22(18-12-15(20)7-10-17(18)21)28(25,26)16-8-5-14(19)6-9-16/h5-10,12-13H,3-4,11H2,1-2H3/t13-/m1/s1. The molecule has 2 aromatic carbocycles. The van der Waals surface area contributed by atoms with Crippen molar-refractivity contribution in [3.05, 3.63) is 58.3 Å². The van der Waals surface area contributed by atoms with E-state index in [0.717, 1.165) is 16.6 Å². The van der Waals surface area contributed by atoms with Gasteiger partial charge >= 0.3 is 0 Å². The third-order valence-electron chi connectivity index (χ3n) is 4.05. The molecular weight excluding hydrogens is 448 g/mol. The van der Waals surface area contributed by atoms with Crippen LogP contribution in [0.3, 0.4) is 0 Å². The lowest BCUT2D eigenvalue weighted by Crippen LogP contribution is -2.39. The Morgan fingerprint density at radius 2 is 1.57 bits per heavy atom. The van der Waals surface area contributed by atoms with Crippen LogP contribution in [0.2, 0.25) is 10.0 Å². The zero-order valence-electron chi connectivity index (χ0n) is 15.3. The predicted molar refractivity (Wildman–Crippen MR) is 111 cm³/mol. The smallest absolute Gasteiger partial charge is 0.261 e. The summed E-state index contributed by atoms with van der Waals surface area (Å²) in [4.78, 5) is -0.0637. The Bertz CT molecular complexity index is 1040. The van der Waals surface area contributed by atoms with Crippen molar-refractivity contribution in [3.63, 3.8) is 0 Å². The normalized spacial score (nSPS) is 13.3. The highest BCUT2D eigenvalue weighted by atomic mass is 35.5. The summed E-state index contributed by atoms with van der Waals surface area (Å²) in [6, 6.07) is 8.44. The number of sulfonamides is 1. The van der Waals surface area contributed by atoms with Gasteiger partial charge in [0.1, 0.15) is 15.7 Å². The van der Waals surface area contributed by atoms with Crippen LogP contribution in [0.1, 0.15) is 19.8 Å². The van der Waals surface area contributed by atoms with Gasteiger partial charge in [-0.05, 0) is 62.2 Å². The molecule has 2 rings (SSSR count). The highest BCUT2D eigenvalue weighted by Gasteiger charge is 2.31. The van der Waals surface area contributed by atoms with E-state index in [4.69, 9.17) is 23.2 Å². The minimum Gasteiger partial charge on any atom is -0.261 e. The summed E-state index contributed by atoms with van der Waals surface area (Å²) in [5.74, 6) is -0.846. The van der Waals surface area contributed by atoms with Crippen molar-refractivity contribution in [1.29, 1.82) is 0 Å². The van der Waals surface area contributed by atoms with E-state index >= 15 is 0 Å². The summed E-state index contributed by atoms with van der Waals surface area (Å²) in [6.07, 6.45) is 1.55. The predicted octanol–water partition coefficient (Wildman–Crippen LogP) is 4.54. The van der Waals surface area contributed by atoms with Crippen LogP contribution < -0.4 is 4.31 Å². The van der Waals surface area contributed by atoms with E-state index in [2.05, 4.69) is 0 Å². The van der Waals surface area contributed by atoms with E-state index in [1.54, 1.807) is 6.92 Å². The second-order valence-corrected chi connectivity index (χ2v) is 11.4. The van der Waals surface area contributed by atoms with Crippen LogP contribution in [0.4, 0.5) is 10.1 Å². The molecule has 0 saturated heterocycles. The van der Waals surface area contributed by atoms with E-state index < -0.39 is 31.7 Å². The maximum atomic E-state index is 14.5. The Labute approximate surface area is 175 Å². The average molecular weight is 468 g/mol. The summed E-state index contributed by atoms with van der Waals surface area (Å²) in [5.41, 5.74) is -0.200. The van der Waals surface area contributed by atoms with Gasteiger partial charge in [0.05, 0.1) is 10.6 Å². The summed E-state index contributed by atoms with van der Waals surface area (Å²) >= 11 is 11.8. The zero-order valence-corrected chi connectivity index (χ0v) is 18.4. The highest BCUT2D eigenvalue weighted by Crippen LogP contribution is 2.32. The van der Waals surface area contributed by atoms with E-state index in [1.807, 2.05) is 0 Å². The highest BCUT2D eigenvalue weighted by molar-refractivity contribution is 7.93. The first-order chi connectivity index (χ1) is 12.9. The van der Waals surface area contributed by atoms with Crippen LogP contribution in [0.5, 0.6) is 0 Å². The molecule has 0 amide bonds. The molecule has 0 fully saturated rings. The van der Waals surface area contributed by atoms with E-state index in [1.165, 1.54) is 36.4 Å². The third kappa shape index (κ3) is 5.83. The Hall–Kier alpha value is -1.35. The number of anilines is 1. The topological polar surface area (TPSA) is 71.5 Å². The largest absolute Gasteiger partial charge is 0.264 e. The lowest BCUT2D eigenvalue weighted by Gasteiger charge is -2.31. The van der Waals surface area contributed by atoms with E-state index in [9.17, 15) is 21.2 Å². The van der Waals surface area contributed by atoms with Crippen molar-refractivity contribution >= 4 is 48.7 Å². The van der Waals surface area contributed by atoms with Gasteiger partial charge in [-0.15, -0.1) is 0 Å². The first kappa shape index (κ1) is 22.9. The van der Waals surface area contributed by atoms with Crippen LogP contribution in [0.15, 0.2) is 47.4 Å². The zero-order chi connectivity index (χ0) is 21.1. The maximum Gasteiger partial charge on any atom is 0.264 e. The molecule has 0 aliphatic rings. The molecule has 28 heavy (non-hydrogen) atoms. The number of benzene rings is 2. The number of rotatable bonds is 8. The number of hydrogen-bond donors (Lipinski definition) is 0. The molecule has 10 heteroatoms. The van der Waals surface area contributed by atoms with Crippen molar-refractivity contribution in [1.82, 2.24) is 0 Å². The molecule has 0 aliphatic carbocycles. The molecule has 0 aromatic heterocycles. The van der Waals surface area contributed by atoms with Crippen molar-refractivity contribution in [2.24, 2.45) is 0 Å². The molecule has 0 spiro atoms. The first-order valence-electron chi connectivity index (χ1n) is 8.34. The molecule has 0 unspecified atom stereocenters. The monoisotopic (exact) mass is 467 g/mol. The minimum absolute atomic E-state index is 0.0637. The molecule has 0 radical (unpaired) electrons. The summed E-state index contributed by atoms with van der Waals surface area (Å²) in [7, 11) is -7.34. The first-order valence-corrected chi connectivity index (χ1v) is 12.6. The lowest BCUT2D eigenvalue weighted by atomic mass is 10.2. The molecule has 0 N–H and O–H groups in total. The Kier molecular flexibility index (Phi) is 7.36. The lowest BCUT2D eigenvalue weighted by molar-refractivity contribution is 0.557. The van der Waals surface area contributed by atoms with Crippen molar-refractivity contribution in [2.45, 2.75) is 30.7 Å². The third-order valence-corrected chi connectivity index (χ3v) is 7.51. The maximum absolute atomic E-state index is 14.5. The Balaban J connectivity index is 2.49. The molecule has 1 atom stereocenters. The Morgan fingerprint density at radius 1 is 1.00 bits per heavy atom. The number of nitrogens with zero attached hydrogens (tertiary/aromatic N) is 1. The van der Waals surface area contributed by atoms with E-state index in [0.29, 0.717) is 5.02 Å². The molecule has 5 nitrogen and oxygen atoms in total. The van der Waals surface area contributed by atoms with Gasteiger partial charge in [-0.2, -0.15) is 0 Å². The summed E-state index contributed by atoms with van der Waals surface area (Å²) in [5, 5.41) is 0.539. The molecule has 0 heterocycles. The van der Waals surface area contributed by atoms with Crippen LogP contribution in [0, 0.1) is 5.82 Å². The fraction of sp³-hybridized carbons (Fsp3) is 0.333. The summed E-state index contributed by atoms with van der Waals surface area (Å²) in [6.45, 7) is 1.59. The van der Waals surface area contributed by atoms with Gasteiger partial charge in [0, 0.05) is 28.1 Å².